The van der Waals surface area contributed by atoms with Gasteiger partial charge in [-0.3, -0.25) is 4.79 Å². The van der Waals surface area contributed by atoms with Gasteiger partial charge in [-0.1, -0.05) is 5.16 Å². The van der Waals surface area contributed by atoms with Crippen LogP contribution >= 0.6 is 0 Å². The number of benzene rings is 1. The average molecular weight is 231 g/mol. The van der Waals surface area contributed by atoms with Gasteiger partial charge in [0.2, 0.25) is 0 Å². The molecule has 0 spiro atoms. The van der Waals surface area contributed by atoms with E-state index >= 15 is 0 Å². The van der Waals surface area contributed by atoms with Gasteiger partial charge in [0, 0.05) is 11.6 Å². The second kappa shape index (κ2) is 4.82. The molecule has 0 unspecified atom stereocenters. The van der Waals surface area contributed by atoms with E-state index in [1.165, 1.54) is 6.92 Å². The minimum atomic E-state index is 0.0451. The highest BCUT2D eigenvalue weighted by molar-refractivity contribution is 5.94. The Hall–Kier alpha value is -2.10. The molecule has 2 rings (SSSR count). The Labute approximate surface area is 99.2 Å². The first-order valence-corrected chi connectivity index (χ1v) is 5.31. The molecule has 0 amide bonds. The number of carbonyl (C=O) groups excluding carboxylic acids is 1. The summed E-state index contributed by atoms with van der Waals surface area (Å²) in [4.78, 5) is 11.1. The zero-order valence-electron chi connectivity index (χ0n) is 9.77. The van der Waals surface area contributed by atoms with Gasteiger partial charge in [-0.2, -0.15) is 0 Å². The molecule has 4 heteroatoms. The monoisotopic (exact) mass is 231 g/mol. The molecule has 1 aromatic heterocycles. The second-order valence-corrected chi connectivity index (χ2v) is 3.80. The van der Waals surface area contributed by atoms with Crippen LogP contribution in [0.5, 0.6) is 5.75 Å². The average Bonchev–Trinajstić information content (AvgIpc) is 2.73. The number of aromatic nitrogens is 1. The number of hydrogen-bond donors (Lipinski definition) is 0. The van der Waals surface area contributed by atoms with Crippen LogP contribution in [0.25, 0.3) is 0 Å². The molecule has 0 atom stereocenters. The van der Waals surface area contributed by atoms with E-state index in [0.717, 1.165) is 11.5 Å². The van der Waals surface area contributed by atoms with Crippen LogP contribution in [-0.2, 0) is 6.61 Å². The summed E-state index contributed by atoms with van der Waals surface area (Å²) in [6.07, 6.45) is 0. The van der Waals surface area contributed by atoms with Gasteiger partial charge in [0.15, 0.2) is 5.78 Å². The largest absolute Gasteiger partial charge is 0.487 e. The molecule has 0 aliphatic rings. The van der Waals surface area contributed by atoms with Crippen molar-refractivity contribution in [1.29, 1.82) is 0 Å². The minimum Gasteiger partial charge on any atom is -0.487 e. The lowest BCUT2D eigenvalue weighted by Gasteiger charge is -2.03. The lowest BCUT2D eigenvalue weighted by molar-refractivity contribution is 0.101. The molecular formula is C13H13NO3. The highest BCUT2D eigenvalue weighted by atomic mass is 16.5. The summed E-state index contributed by atoms with van der Waals surface area (Å²) in [7, 11) is 0. The van der Waals surface area contributed by atoms with Crippen LogP contribution in [-0.4, -0.2) is 10.9 Å². The zero-order chi connectivity index (χ0) is 12.3. The van der Waals surface area contributed by atoms with Crippen molar-refractivity contribution in [3.05, 3.63) is 47.3 Å². The third-order valence-electron chi connectivity index (χ3n) is 2.32. The fourth-order valence-corrected chi connectivity index (χ4v) is 1.43. The molecule has 1 aromatic carbocycles. The molecule has 17 heavy (non-hydrogen) atoms. The Bertz CT molecular complexity index is 514. The topological polar surface area (TPSA) is 52.3 Å². The van der Waals surface area contributed by atoms with Crippen molar-refractivity contribution in [2.75, 3.05) is 0 Å². The van der Waals surface area contributed by atoms with E-state index in [1.807, 2.05) is 13.0 Å². The molecule has 1 heterocycles. The van der Waals surface area contributed by atoms with E-state index in [2.05, 4.69) is 5.16 Å². The summed E-state index contributed by atoms with van der Waals surface area (Å²) in [5, 5.41) is 3.82. The summed E-state index contributed by atoms with van der Waals surface area (Å²) in [5.41, 5.74) is 1.42. The first kappa shape index (κ1) is 11.4. The summed E-state index contributed by atoms with van der Waals surface area (Å²) in [6, 6.07) is 8.84. The molecule has 0 saturated carbocycles. The number of Topliss-reactive ketones (excluding diaryl/α,β-unsaturated/α-hetero) is 1. The van der Waals surface area contributed by atoms with Crippen LogP contribution in [0.15, 0.2) is 34.9 Å². The van der Waals surface area contributed by atoms with Crippen LogP contribution in [0, 0.1) is 6.92 Å². The van der Waals surface area contributed by atoms with E-state index in [1.54, 1.807) is 24.3 Å². The number of nitrogens with zero attached hydrogens (tertiary/aromatic N) is 1. The van der Waals surface area contributed by atoms with Crippen molar-refractivity contribution in [2.45, 2.75) is 20.5 Å². The molecule has 0 radical (unpaired) electrons. The molecule has 2 aromatic rings. The molecule has 88 valence electrons. The van der Waals surface area contributed by atoms with Crippen molar-refractivity contribution < 1.29 is 14.1 Å². The maximum atomic E-state index is 11.1. The van der Waals surface area contributed by atoms with E-state index < -0.39 is 0 Å². The predicted molar refractivity (Wildman–Crippen MR) is 62.0 cm³/mol. The standard InChI is InChI=1S/C13H13NO3/c1-9-7-12(14-17-9)8-16-13-5-3-11(4-6-13)10(2)15/h3-7H,8H2,1-2H3. The highest BCUT2D eigenvalue weighted by Crippen LogP contribution is 2.14. The van der Waals surface area contributed by atoms with Gasteiger partial charge in [0.1, 0.15) is 23.8 Å². The second-order valence-electron chi connectivity index (χ2n) is 3.80. The number of hydrogen-bond acceptors (Lipinski definition) is 4. The number of carbonyl (C=O) groups is 1. The maximum Gasteiger partial charge on any atom is 0.159 e. The van der Waals surface area contributed by atoms with E-state index in [0.29, 0.717) is 17.9 Å². The third-order valence-corrected chi connectivity index (χ3v) is 2.32. The summed E-state index contributed by atoms with van der Waals surface area (Å²) in [6.45, 7) is 3.73. The van der Waals surface area contributed by atoms with Crippen molar-refractivity contribution in [1.82, 2.24) is 5.16 Å². The lowest BCUT2D eigenvalue weighted by atomic mass is 10.1. The molecular weight excluding hydrogens is 218 g/mol. The van der Waals surface area contributed by atoms with Crippen LogP contribution < -0.4 is 4.74 Å². The summed E-state index contributed by atoms with van der Waals surface area (Å²) >= 11 is 0. The maximum absolute atomic E-state index is 11.1. The van der Waals surface area contributed by atoms with Crippen LogP contribution in [0.3, 0.4) is 0 Å². The summed E-state index contributed by atoms with van der Waals surface area (Å²) in [5.74, 6) is 1.51. The van der Waals surface area contributed by atoms with E-state index in [9.17, 15) is 4.79 Å². The molecule has 0 saturated heterocycles. The van der Waals surface area contributed by atoms with Gasteiger partial charge in [0.25, 0.3) is 0 Å². The number of aryl methyl sites for hydroxylation is 1. The van der Waals surface area contributed by atoms with Gasteiger partial charge in [0.05, 0.1) is 0 Å². The van der Waals surface area contributed by atoms with Gasteiger partial charge >= 0.3 is 0 Å². The van der Waals surface area contributed by atoms with E-state index in [-0.39, 0.29) is 5.78 Å². The molecule has 0 N–H and O–H groups in total. The zero-order valence-corrected chi connectivity index (χ0v) is 9.77. The Morgan fingerprint density at radius 1 is 1.35 bits per heavy atom. The number of ether oxygens (including phenoxy) is 1. The SMILES string of the molecule is CC(=O)c1ccc(OCc2cc(C)on2)cc1. The first-order chi connectivity index (χ1) is 8.15. The smallest absolute Gasteiger partial charge is 0.159 e. The van der Waals surface area contributed by atoms with Crippen LogP contribution in [0.4, 0.5) is 0 Å². The lowest BCUT2D eigenvalue weighted by Crippen LogP contribution is -1.96. The van der Waals surface area contributed by atoms with Crippen molar-refractivity contribution in [2.24, 2.45) is 0 Å². The molecule has 0 aliphatic heterocycles. The molecule has 0 bridgehead atoms. The highest BCUT2D eigenvalue weighted by Gasteiger charge is 2.02. The van der Waals surface area contributed by atoms with Gasteiger partial charge in [-0.25, -0.2) is 0 Å². The van der Waals surface area contributed by atoms with Crippen molar-refractivity contribution >= 4 is 5.78 Å². The Morgan fingerprint density at radius 3 is 2.59 bits per heavy atom. The Balaban J connectivity index is 1.97. The normalized spacial score (nSPS) is 10.2. The molecule has 0 aliphatic carbocycles. The van der Waals surface area contributed by atoms with Crippen LogP contribution in [0.2, 0.25) is 0 Å². The van der Waals surface area contributed by atoms with Crippen molar-refractivity contribution in [3.8, 4) is 5.75 Å². The van der Waals surface area contributed by atoms with Crippen LogP contribution in [0.1, 0.15) is 28.7 Å². The number of rotatable bonds is 4. The third kappa shape index (κ3) is 2.93. The number of ketones is 1. The van der Waals surface area contributed by atoms with Gasteiger partial charge in [-0.05, 0) is 38.1 Å². The Morgan fingerprint density at radius 2 is 2.06 bits per heavy atom. The van der Waals surface area contributed by atoms with Gasteiger partial charge in [-0.15, -0.1) is 0 Å². The van der Waals surface area contributed by atoms with E-state index in [4.69, 9.17) is 9.26 Å². The Kier molecular flexibility index (Phi) is 3.23. The molecule has 0 fully saturated rings. The summed E-state index contributed by atoms with van der Waals surface area (Å²) < 4.78 is 10.4. The predicted octanol–water partition coefficient (Wildman–Crippen LogP) is 2.76. The van der Waals surface area contributed by atoms with Crippen molar-refractivity contribution in [3.63, 3.8) is 0 Å². The minimum absolute atomic E-state index is 0.0451. The quantitative estimate of drug-likeness (QED) is 0.759. The first-order valence-electron chi connectivity index (χ1n) is 5.31. The fraction of sp³-hybridized carbons (Fsp3) is 0.231. The molecule has 4 nitrogen and oxygen atoms in total. The van der Waals surface area contributed by atoms with Gasteiger partial charge < -0.3 is 9.26 Å². The fourth-order valence-electron chi connectivity index (χ4n) is 1.43.